The van der Waals surface area contributed by atoms with Gasteiger partial charge in [0.15, 0.2) is 0 Å². The van der Waals surface area contributed by atoms with Crippen LogP contribution in [0.4, 0.5) is 17.6 Å². The number of alkyl halides is 3. The fraction of sp³-hybridized carbons (Fsp3) is 0.0833. The summed E-state index contributed by atoms with van der Waals surface area (Å²) in [5, 5.41) is -0.561. The Morgan fingerprint density at radius 3 is 2.38 bits per heavy atom. The van der Waals surface area contributed by atoms with Crippen LogP contribution in [0.25, 0.3) is 0 Å². The van der Waals surface area contributed by atoms with Gasteiger partial charge in [-0.25, -0.2) is 9.37 Å². The first-order valence-electron chi connectivity index (χ1n) is 5.24. The number of nitrogens with zero attached hydrogens (tertiary/aromatic N) is 1. The van der Waals surface area contributed by atoms with E-state index in [1.807, 2.05) is 0 Å². The third-order valence-corrected chi connectivity index (χ3v) is 3.39. The van der Waals surface area contributed by atoms with Gasteiger partial charge in [-0.2, -0.15) is 13.2 Å². The smallest absolute Gasteiger partial charge is 0.416 e. The second-order valence-corrected chi connectivity index (χ2v) is 5.46. The lowest BCUT2D eigenvalue weighted by atomic mass is 10.2. The molecule has 0 fully saturated rings. The van der Waals surface area contributed by atoms with E-state index < -0.39 is 28.6 Å². The summed E-state index contributed by atoms with van der Waals surface area (Å²) in [6.45, 7) is 0. The molecule has 9 heteroatoms. The molecule has 0 spiro atoms. The maximum absolute atomic E-state index is 13.4. The van der Waals surface area contributed by atoms with Crippen molar-refractivity contribution in [3.05, 3.63) is 50.3 Å². The molecule has 21 heavy (non-hydrogen) atoms. The minimum absolute atomic E-state index is 0.0835. The second kappa shape index (κ2) is 5.98. The van der Waals surface area contributed by atoms with Crippen LogP contribution in [0.5, 0.6) is 11.6 Å². The number of aromatic nitrogens is 1. The first kappa shape index (κ1) is 16.3. The van der Waals surface area contributed by atoms with Crippen molar-refractivity contribution >= 4 is 39.1 Å². The quantitative estimate of drug-likeness (QED) is 0.342. The van der Waals surface area contributed by atoms with Crippen molar-refractivity contribution in [2.45, 2.75) is 6.18 Å². The van der Waals surface area contributed by atoms with E-state index in [1.54, 1.807) is 0 Å². The van der Waals surface area contributed by atoms with E-state index >= 15 is 0 Å². The van der Waals surface area contributed by atoms with E-state index in [2.05, 4.69) is 20.9 Å². The van der Waals surface area contributed by atoms with Gasteiger partial charge in [0.2, 0.25) is 5.88 Å². The van der Waals surface area contributed by atoms with E-state index in [1.165, 1.54) is 6.07 Å². The zero-order chi connectivity index (χ0) is 15.8. The molecule has 0 atom stereocenters. The SMILES string of the molecule is Fc1cc(Oc2cc(C(F)(F)F)cc(Cl)n2)c(Br)cc1Cl. The molecule has 0 N–H and O–H groups in total. The van der Waals surface area contributed by atoms with Crippen molar-refractivity contribution in [1.82, 2.24) is 4.98 Å². The minimum atomic E-state index is -4.60. The topological polar surface area (TPSA) is 22.1 Å². The number of rotatable bonds is 2. The predicted octanol–water partition coefficient (Wildman–Crippen LogP) is 6.10. The van der Waals surface area contributed by atoms with Crippen LogP contribution in [-0.2, 0) is 6.18 Å². The van der Waals surface area contributed by atoms with E-state index in [0.717, 1.165) is 6.07 Å². The van der Waals surface area contributed by atoms with Crippen LogP contribution in [0.1, 0.15) is 5.56 Å². The molecule has 0 saturated heterocycles. The molecule has 0 aliphatic carbocycles. The van der Waals surface area contributed by atoms with Gasteiger partial charge >= 0.3 is 6.18 Å². The number of hydrogen-bond acceptors (Lipinski definition) is 2. The third kappa shape index (κ3) is 3.99. The molecule has 2 rings (SSSR count). The number of ether oxygens (including phenoxy) is 1. The summed E-state index contributed by atoms with van der Waals surface area (Å²) in [6, 6.07) is 3.44. The van der Waals surface area contributed by atoms with E-state index in [9.17, 15) is 17.6 Å². The second-order valence-electron chi connectivity index (χ2n) is 3.81. The molecular weight excluding hydrogens is 401 g/mol. The largest absolute Gasteiger partial charge is 0.438 e. The van der Waals surface area contributed by atoms with Gasteiger partial charge in [0.25, 0.3) is 0 Å². The van der Waals surface area contributed by atoms with E-state index in [-0.39, 0.29) is 15.2 Å². The minimum Gasteiger partial charge on any atom is -0.438 e. The Balaban J connectivity index is 2.40. The molecule has 0 unspecified atom stereocenters. The molecule has 2 aromatic rings. The van der Waals surface area contributed by atoms with Gasteiger partial charge in [-0.1, -0.05) is 23.2 Å². The highest BCUT2D eigenvalue weighted by molar-refractivity contribution is 9.10. The zero-order valence-electron chi connectivity index (χ0n) is 9.81. The Bertz CT molecular complexity index is 694. The monoisotopic (exact) mass is 403 g/mol. The summed E-state index contributed by atoms with van der Waals surface area (Å²) in [6.07, 6.45) is -4.60. The van der Waals surface area contributed by atoms with Crippen LogP contribution in [0, 0.1) is 5.82 Å². The fourth-order valence-corrected chi connectivity index (χ4v) is 2.30. The summed E-state index contributed by atoms with van der Waals surface area (Å²) in [7, 11) is 0. The maximum atomic E-state index is 13.4. The molecular formula is C12H4BrCl2F4NO. The summed E-state index contributed by atoms with van der Waals surface area (Å²) in [5.41, 5.74) is -1.02. The van der Waals surface area contributed by atoms with Crippen LogP contribution in [-0.4, -0.2) is 4.98 Å². The van der Waals surface area contributed by atoms with Crippen LogP contribution in [0.15, 0.2) is 28.7 Å². The van der Waals surface area contributed by atoms with Gasteiger partial charge in [-0.15, -0.1) is 0 Å². The number of halogens is 7. The van der Waals surface area contributed by atoms with Crippen LogP contribution >= 0.6 is 39.1 Å². The summed E-state index contributed by atoms with van der Waals surface area (Å²) >= 11 is 14.1. The van der Waals surface area contributed by atoms with Crippen LogP contribution < -0.4 is 4.74 Å². The lowest BCUT2D eigenvalue weighted by Gasteiger charge is -2.11. The van der Waals surface area contributed by atoms with Gasteiger partial charge in [-0.05, 0) is 28.1 Å². The molecule has 0 aliphatic rings. The van der Waals surface area contributed by atoms with Gasteiger partial charge in [0, 0.05) is 12.1 Å². The highest BCUT2D eigenvalue weighted by Crippen LogP contribution is 2.36. The van der Waals surface area contributed by atoms with Crippen LogP contribution in [0.3, 0.4) is 0 Å². The molecule has 1 heterocycles. The normalized spacial score (nSPS) is 11.6. The highest BCUT2D eigenvalue weighted by Gasteiger charge is 2.32. The standard InChI is InChI=1S/C12H4BrCl2F4NO/c13-6-3-7(14)8(16)4-9(6)21-11-2-5(12(17,18)19)1-10(15)20-11/h1-4H. The maximum Gasteiger partial charge on any atom is 0.416 e. The summed E-state index contributed by atoms with van der Waals surface area (Å²) < 4.78 is 56.7. The predicted molar refractivity (Wildman–Crippen MR) is 73.4 cm³/mol. The van der Waals surface area contributed by atoms with Gasteiger partial charge < -0.3 is 4.74 Å². The van der Waals surface area contributed by atoms with Crippen molar-refractivity contribution in [1.29, 1.82) is 0 Å². The molecule has 2 nitrogen and oxygen atoms in total. The fourth-order valence-electron chi connectivity index (χ4n) is 1.38. The Hall–Kier alpha value is -1.05. The van der Waals surface area contributed by atoms with Gasteiger partial charge in [0.05, 0.1) is 15.1 Å². The molecule has 0 radical (unpaired) electrons. The zero-order valence-corrected chi connectivity index (χ0v) is 12.9. The van der Waals surface area contributed by atoms with Crippen molar-refractivity contribution < 1.29 is 22.3 Å². The lowest BCUT2D eigenvalue weighted by molar-refractivity contribution is -0.137. The lowest BCUT2D eigenvalue weighted by Crippen LogP contribution is -2.06. The average molecular weight is 405 g/mol. The van der Waals surface area contributed by atoms with Gasteiger partial charge in [0.1, 0.15) is 16.7 Å². The first-order chi connectivity index (χ1) is 9.66. The van der Waals surface area contributed by atoms with Crippen molar-refractivity contribution in [3.63, 3.8) is 0 Å². The number of benzene rings is 1. The molecule has 0 bridgehead atoms. The Labute approximate surface area is 134 Å². The van der Waals surface area contributed by atoms with E-state index in [4.69, 9.17) is 27.9 Å². The molecule has 0 saturated carbocycles. The molecule has 112 valence electrons. The molecule has 0 amide bonds. The molecule has 0 aliphatic heterocycles. The van der Waals surface area contributed by atoms with Crippen molar-refractivity contribution in [3.8, 4) is 11.6 Å². The van der Waals surface area contributed by atoms with Crippen molar-refractivity contribution in [2.75, 3.05) is 0 Å². The first-order valence-corrected chi connectivity index (χ1v) is 6.79. The molecule has 1 aromatic carbocycles. The number of pyridine rings is 1. The Kier molecular flexibility index (Phi) is 4.65. The Morgan fingerprint density at radius 2 is 1.76 bits per heavy atom. The average Bonchev–Trinajstić information content (AvgIpc) is 2.34. The summed E-state index contributed by atoms with van der Waals surface area (Å²) in [5.74, 6) is -1.29. The third-order valence-electron chi connectivity index (χ3n) is 2.29. The van der Waals surface area contributed by atoms with Crippen molar-refractivity contribution in [2.24, 2.45) is 0 Å². The summed E-state index contributed by atoms with van der Waals surface area (Å²) in [4.78, 5) is 3.60. The van der Waals surface area contributed by atoms with Gasteiger partial charge in [-0.3, -0.25) is 0 Å². The highest BCUT2D eigenvalue weighted by atomic mass is 79.9. The number of hydrogen-bond donors (Lipinski definition) is 0. The van der Waals surface area contributed by atoms with Crippen LogP contribution in [0.2, 0.25) is 10.2 Å². The Morgan fingerprint density at radius 1 is 1.10 bits per heavy atom. The molecule has 1 aromatic heterocycles. The van der Waals surface area contributed by atoms with E-state index in [0.29, 0.717) is 12.1 Å².